The van der Waals surface area contributed by atoms with E-state index >= 15 is 0 Å². The first-order valence-corrected chi connectivity index (χ1v) is 6.92. The van der Waals surface area contributed by atoms with E-state index in [0.717, 1.165) is 17.5 Å². The van der Waals surface area contributed by atoms with Gasteiger partial charge in [0.1, 0.15) is 0 Å². The number of hydrogen-bond acceptors (Lipinski definition) is 2. The van der Waals surface area contributed by atoms with Gasteiger partial charge in [0.2, 0.25) is 0 Å². The highest BCUT2D eigenvalue weighted by molar-refractivity contribution is 5.40. The van der Waals surface area contributed by atoms with Gasteiger partial charge in [-0.2, -0.15) is 0 Å². The zero-order valence-electron chi connectivity index (χ0n) is 12.1. The molecule has 0 aliphatic rings. The second kappa shape index (κ2) is 8.74. The minimum Gasteiger partial charge on any atom is -0.395 e. The van der Waals surface area contributed by atoms with Crippen LogP contribution in [0.1, 0.15) is 44.7 Å². The first-order chi connectivity index (χ1) is 9.13. The number of aliphatic hydroxyl groups is 1. The van der Waals surface area contributed by atoms with E-state index in [4.69, 9.17) is 9.84 Å². The molecule has 0 heterocycles. The first kappa shape index (κ1) is 15.8. The number of ether oxygens (including phenoxy) is 1. The van der Waals surface area contributed by atoms with Gasteiger partial charge in [0.05, 0.1) is 19.3 Å². The minimum atomic E-state index is 0.108. The van der Waals surface area contributed by atoms with E-state index in [9.17, 15) is 0 Å². The largest absolute Gasteiger partial charge is 0.395 e. The van der Waals surface area contributed by atoms with Gasteiger partial charge in [0.15, 0.2) is 0 Å². The second-order valence-electron chi connectivity index (χ2n) is 5.18. The molecule has 0 bridgehead atoms. The normalized spacial score (nSPS) is 12.1. The number of hydrogen-bond donors (Lipinski definition) is 1. The van der Waals surface area contributed by atoms with Gasteiger partial charge in [-0.3, -0.25) is 0 Å². The van der Waals surface area contributed by atoms with E-state index < -0.39 is 0 Å². The Morgan fingerprint density at radius 3 is 2.63 bits per heavy atom. The molecule has 0 amide bonds. The molecule has 1 rings (SSSR count). The van der Waals surface area contributed by atoms with Crippen molar-refractivity contribution in [1.82, 2.24) is 0 Å². The Balaban J connectivity index is 2.61. The molecule has 104 valence electrons. The van der Waals surface area contributed by atoms with Crippen molar-refractivity contribution in [3.05, 3.63) is 35.4 Å². The molecule has 1 unspecified atom stereocenters. The third kappa shape index (κ3) is 6.42. The van der Waals surface area contributed by atoms with Crippen LogP contribution in [0, 0.1) is 17.8 Å². The van der Waals surface area contributed by atoms with Crippen LogP contribution in [0.4, 0.5) is 0 Å². The predicted octanol–water partition coefficient (Wildman–Crippen LogP) is 3.37. The Morgan fingerprint density at radius 2 is 1.95 bits per heavy atom. The van der Waals surface area contributed by atoms with E-state index in [0.29, 0.717) is 18.9 Å². The van der Waals surface area contributed by atoms with Gasteiger partial charge >= 0.3 is 0 Å². The smallest absolute Gasteiger partial charge is 0.0732 e. The van der Waals surface area contributed by atoms with Gasteiger partial charge in [0.25, 0.3) is 0 Å². The summed E-state index contributed by atoms with van der Waals surface area (Å²) in [6.07, 6.45) is 1.84. The Hall–Kier alpha value is -1.30. The molecule has 2 heteroatoms. The molecule has 0 radical (unpaired) electrons. The predicted molar refractivity (Wildman–Crippen MR) is 78.7 cm³/mol. The van der Waals surface area contributed by atoms with E-state index in [1.165, 1.54) is 0 Å². The van der Waals surface area contributed by atoms with Crippen LogP contribution in [0.5, 0.6) is 0 Å². The molecule has 0 fully saturated rings. The first-order valence-electron chi connectivity index (χ1n) is 6.92. The van der Waals surface area contributed by atoms with Crippen molar-refractivity contribution >= 4 is 0 Å². The number of rotatable bonds is 6. The molecule has 0 aliphatic carbocycles. The summed E-state index contributed by atoms with van der Waals surface area (Å²) in [6.45, 7) is 7.22. The van der Waals surface area contributed by atoms with Gasteiger partial charge in [-0.15, -0.1) is 0 Å². The Bertz CT molecular complexity index is 426. The van der Waals surface area contributed by atoms with Gasteiger partial charge in [-0.25, -0.2) is 0 Å². The fourth-order valence-electron chi connectivity index (χ4n) is 1.95. The van der Waals surface area contributed by atoms with Crippen molar-refractivity contribution in [2.75, 3.05) is 6.61 Å². The third-order valence-electron chi connectivity index (χ3n) is 2.80. The van der Waals surface area contributed by atoms with Crippen molar-refractivity contribution in [3.8, 4) is 11.8 Å². The summed E-state index contributed by atoms with van der Waals surface area (Å²) in [7, 11) is 0. The van der Waals surface area contributed by atoms with Crippen LogP contribution in [-0.4, -0.2) is 17.8 Å². The lowest BCUT2D eigenvalue weighted by Gasteiger charge is -2.15. The van der Waals surface area contributed by atoms with Gasteiger partial charge in [-0.05, 0) is 30.9 Å². The molecule has 0 saturated carbocycles. The fraction of sp³-hybridized carbons (Fsp3) is 0.529. The van der Waals surface area contributed by atoms with Gasteiger partial charge in [-0.1, -0.05) is 43.9 Å². The summed E-state index contributed by atoms with van der Waals surface area (Å²) in [5.41, 5.74) is 2.11. The molecule has 1 aromatic rings. The quantitative estimate of drug-likeness (QED) is 0.795. The lowest BCUT2D eigenvalue weighted by molar-refractivity contribution is 0.0396. The Kier molecular flexibility index (Phi) is 7.25. The average Bonchev–Trinajstić information content (AvgIpc) is 2.37. The second-order valence-corrected chi connectivity index (χ2v) is 5.18. The van der Waals surface area contributed by atoms with Crippen molar-refractivity contribution in [1.29, 1.82) is 0 Å². The van der Waals surface area contributed by atoms with Crippen LogP contribution in [0.3, 0.4) is 0 Å². The molecule has 0 aromatic heterocycles. The maximum Gasteiger partial charge on any atom is 0.0732 e. The molecule has 1 atom stereocenters. The molecule has 1 N–H and O–H groups in total. The summed E-state index contributed by atoms with van der Waals surface area (Å²) >= 11 is 0. The number of aliphatic hydroxyl groups excluding tert-OH is 1. The van der Waals surface area contributed by atoms with Crippen LogP contribution < -0.4 is 0 Å². The SMILES string of the molecule is CC(C)CC(C)OCc1ccccc1C#CCCO. The van der Waals surface area contributed by atoms with Crippen LogP contribution in [0.15, 0.2) is 24.3 Å². The summed E-state index contributed by atoms with van der Waals surface area (Å²) in [5.74, 6) is 6.69. The standard InChI is InChI=1S/C17H24O2/c1-14(2)12-15(3)19-13-17-10-5-4-8-16(17)9-6-7-11-18/h4-5,8,10,14-15,18H,7,11-13H2,1-3H3. The molecule has 1 aromatic carbocycles. The lowest BCUT2D eigenvalue weighted by atomic mass is 10.1. The van der Waals surface area contributed by atoms with E-state index in [1.807, 2.05) is 24.3 Å². The van der Waals surface area contributed by atoms with Gasteiger partial charge < -0.3 is 9.84 Å². The molecule has 0 spiro atoms. The van der Waals surface area contributed by atoms with Crippen molar-refractivity contribution < 1.29 is 9.84 Å². The maximum absolute atomic E-state index is 8.75. The summed E-state index contributed by atoms with van der Waals surface area (Å²) in [4.78, 5) is 0. The van der Waals surface area contributed by atoms with Gasteiger partial charge in [0, 0.05) is 12.0 Å². The number of benzene rings is 1. The monoisotopic (exact) mass is 260 g/mol. The van der Waals surface area contributed by atoms with Crippen LogP contribution in [0.25, 0.3) is 0 Å². The average molecular weight is 260 g/mol. The molecule has 2 nitrogen and oxygen atoms in total. The van der Waals surface area contributed by atoms with Crippen LogP contribution in [-0.2, 0) is 11.3 Å². The van der Waals surface area contributed by atoms with Crippen LogP contribution in [0.2, 0.25) is 0 Å². The Labute approximate surface area is 116 Å². The maximum atomic E-state index is 8.75. The lowest BCUT2D eigenvalue weighted by Crippen LogP contribution is -2.11. The van der Waals surface area contributed by atoms with Crippen molar-refractivity contribution in [2.24, 2.45) is 5.92 Å². The Morgan fingerprint density at radius 1 is 1.21 bits per heavy atom. The summed E-state index contributed by atoms with van der Waals surface area (Å²) in [6, 6.07) is 8.02. The highest BCUT2D eigenvalue weighted by Gasteiger charge is 2.06. The minimum absolute atomic E-state index is 0.108. The third-order valence-corrected chi connectivity index (χ3v) is 2.80. The van der Waals surface area contributed by atoms with E-state index in [2.05, 4.69) is 32.6 Å². The summed E-state index contributed by atoms with van der Waals surface area (Å²) in [5, 5.41) is 8.75. The highest BCUT2D eigenvalue weighted by Crippen LogP contribution is 2.13. The topological polar surface area (TPSA) is 29.5 Å². The zero-order chi connectivity index (χ0) is 14.1. The molecule has 19 heavy (non-hydrogen) atoms. The highest BCUT2D eigenvalue weighted by atomic mass is 16.5. The zero-order valence-corrected chi connectivity index (χ0v) is 12.1. The molecular weight excluding hydrogens is 236 g/mol. The van der Waals surface area contributed by atoms with Crippen molar-refractivity contribution in [2.45, 2.75) is 46.3 Å². The summed E-state index contributed by atoms with van der Waals surface area (Å²) < 4.78 is 5.87. The fourth-order valence-corrected chi connectivity index (χ4v) is 1.95. The van der Waals surface area contributed by atoms with Crippen molar-refractivity contribution in [3.63, 3.8) is 0 Å². The van der Waals surface area contributed by atoms with Crippen LogP contribution >= 0.6 is 0 Å². The van der Waals surface area contributed by atoms with E-state index in [1.54, 1.807) is 0 Å². The molecule has 0 saturated heterocycles. The van der Waals surface area contributed by atoms with E-state index in [-0.39, 0.29) is 12.7 Å². The molecular formula is C17H24O2. The molecule has 0 aliphatic heterocycles.